The number of fused-ring (bicyclic) bond motifs is 1. The number of nitrogens with zero attached hydrogens (tertiary/aromatic N) is 5. The Labute approximate surface area is 190 Å². The molecule has 4 aromatic rings. The first-order valence-electron chi connectivity index (χ1n) is 10.5. The van der Waals surface area contributed by atoms with E-state index >= 15 is 0 Å². The van der Waals surface area contributed by atoms with E-state index in [4.69, 9.17) is 21.4 Å². The summed E-state index contributed by atoms with van der Waals surface area (Å²) >= 11 is 6.90. The molecule has 162 valence electrons. The summed E-state index contributed by atoms with van der Waals surface area (Å²) in [7, 11) is 0. The predicted molar refractivity (Wildman–Crippen MR) is 123 cm³/mol. The normalized spacial score (nSPS) is 14.1. The number of morpholine rings is 1. The highest BCUT2D eigenvalue weighted by Gasteiger charge is 2.24. The number of carbonyl (C=O) groups is 1. The Morgan fingerprint density at radius 3 is 2.50 bits per heavy atom. The number of aromatic nitrogens is 4. The van der Waals surface area contributed by atoms with Crippen LogP contribution in [0.3, 0.4) is 0 Å². The molecule has 0 aliphatic carbocycles. The van der Waals surface area contributed by atoms with Crippen LogP contribution >= 0.6 is 11.6 Å². The van der Waals surface area contributed by atoms with Crippen LogP contribution in [-0.2, 0) is 16.1 Å². The lowest BCUT2D eigenvalue weighted by atomic mass is 10.1. The Kier molecular flexibility index (Phi) is 5.59. The topological polar surface area (TPSA) is 73.1 Å². The van der Waals surface area contributed by atoms with Gasteiger partial charge in [-0.3, -0.25) is 4.79 Å². The molecule has 1 aliphatic heterocycles. The average molecular weight is 448 g/mol. The number of aryl methyl sites for hydroxylation is 1. The molecule has 7 nitrogen and oxygen atoms in total. The number of amides is 1. The molecule has 1 aliphatic rings. The minimum absolute atomic E-state index is 0.0291. The molecular formula is C24H22ClN5O2. The van der Waals surface area contributed by atoms with Gasteiger partial charge in [0.15, 0.2) is 5.65 Å². The number of hydrogen-bond acceptors (Lipinski definition) is 5. The number of ether oxygens (including phenoxy) is 1. The first-order valence-corrected chi connectivity index (χ1v) is 10.9. The minimum atomic E-state index is -0.0291. The van der Waals surface area contributed by atoms with Gasteiger partial charge in [0, 0.05) is 24.2 Å². The SMILES string of the molecule is Cc1cccc(-c2nn(CC(=O)N3CCOCC3)c3nnc(-c4ccccc4)c(Cl)c23)c1. The molecule has 0 unspecified atom stereocenters. The van der Waals surface area contributed by atoms with Crippen molar-refractivity contribution >= 4 is 28.5 Å². The van der Waals surface area contributed by atoms with E-state index in [0.29, 0.717) is 53.7 Å². The van der Waals surface area contributed by atoms with Gasteiger partial charge in [0.2, 0.25) is 5.91 Å². The van der Waals surface area contributed by atoms with Gasteiger partial charge in [-0.25, -0.2) is 4.68 Å². The summed E-state index contributed by atoms with van der Waals surface area (Å²) < 4.78 is 6.97. The molecule has 8 heteroatoms. The van der Waals surface area contributed by atoms with E-state index in [1.807, 2.05) is 55.5 Å². The molecule has 2 aromatic carbocycles. The highest BCUT2D eigenvalue weighted by molar-refractivity contribution is 6.38. The Morgan fingerprint density at radius 2 is 1.75 bits per heavy atom. The molecule has 0 bridgehead atoms. The highest BCUT2D eigenvalue weighted by Crippen LogP contribution is 2.37. The van der Waals surface area contributed by atoms with Crippen LogP contribution in [0, 0.1) is 6.92 Å². The zero-order valence-corrected chi connectivity index (χ0v) is 18.4. The molecule has 3 heterocycles. The van der Waals surface area contributed by atoms with Crippen LogP contribution in [0.2, 0.25) is 5.02 Å². The summed E-state index contributed by atoms with van der Waals surface area (Å²) in [5.74, 6) is -0.0291. The van der Waals surface area contributed by atoms with E-state index in [1.165, 1.54) is 0 Å². The second kappa shape index (κ2) is 8.68. The summed E-state index contributed by atoms with van der Waals surface area (Å²) in [6.45, 7) is 4.35. The second-order valence-corrected chi connectivity index (χ2v) is 8.17. The summed E-state index contributed by atoms with van der Waals surface area (Å²) in [6, 6.07) is 17.7. The second-order valence-electron chi connectivity index (χ2n) is 7.80. The largest absolute Gasteiger partial charge is 0.378 e. The molecule has 32 heavy (non-hydrogen) atoms. The van der Waals surface area contributed by atoms with E-state index in [0.717, 1.165) is 16.7 Å². The van der Waals surface area contributed by atoms with Gasteiger partial charge in [0.05, 0.1) is 23.6 Å². The monoisotopic (exact) mass is 447 g/mol. The summed E-state index contributed by atoms with van der Waals surface area (Å²) in [6.07, 6.45) is 0. The van der Waals surface area contributed by atoms with Crippen LogP contribution in [0.25, 0.3) is 33.5 Å². The predicted octanol–water partition coefficient (Wildman–Crippen LogP) is 3.98. The van der Waals surface area contributed by atoms with Gasteiger partial charge in [-0.15, -0.1) is 10.2 Å². The molecule has 1 fully saturated rings. The number of carbonyl (C=O) groups excluding carboxylic acids is 1. The van der Waals surface area contributed by atoms with E-state index in [9.17, 15) is 4.79 Å². The Bertz CT molecular complexity index is 1280. The van der Waals surface area contributed by atoms with Gasteiger partial charge in [-0.1, -0.05) is 65.7 Å². The number of hydrogen-bond donors (Lipinski definition) is 0. The van der Waals surface area contributed by atoms with E-state index in [1.54, 1.807) is 9.58 Å². The summed E-state index contributed by atoms with van der Waals surface area (Å²) in [5.41, 5.74) is 4.67. The van der Waals surface area contributed by atoms with Gasteiger partial charge in [-0.05, 0) is 13.0 Å². The van der Waals surface area contributed by atoms with Crippen LogP contribution in [0.1, 0.15) is 5.56 Å². The fourth-order valence-corrected chi connectivity index (χ4v) is 4.26. The van der Waals surface area contributed by atoms with Crippen molar-refractivity contribution in [3.05, 3.63) is 65.2 Å². The van der Waals surface area contributed by atoms with Crippen molar-refractivity contribution < 1.29 is 9.53 Å². The molecular weight excluding hydrogens is 426 g/mol. The van der Waals surface area contributed by atoms with Crippen LogP contribution in [-0.4, -0.2) is 57.1 Å². The quantitative estimate of drug-likeness (QED) is 0.473. The van der Waals surface area contributed by atoms with Gasteiger partial charge < -0.3 is 9.64 Å². The molecule has 1 saturated heterocycles. The molecule has 0 N–H and O–H groups in total. The third kappa shape index (κ3) is 3.85. The fraction of sp³-hybridized carbons (Fsp3) is 0.250. The number of benzene rings is 2. The van der Waals surface area contributed by atoms with Crippen LogP contribution < -0.4 is 0 Å². The lowest BCUT2D eigenvalue weighted by Gasteiger charge is -2.26. The van der Waals surface area contributed by atoms with E-state index in [2.05, 4.69) is 16.3 Å². The van der Waals surface area contributed by atoms with Crippen molar-refractivity contribution in [2.75, 3.05) is 26.3 Å². The van der Waals surface area contributed by atoms with Crippen molar-refractivity contribution in [3.8, 4) is 22.5 Å². The zero-order valence-electron chi connectivity index (χ0n) is 17.7. The third-order valence-corrected chi connectivity index (χ3v) is 5.95. The van der Waals surface area contributed by atoms with E-state index in [-0.39, 0.29) is 12.5 Å². The maximum absolute atomic E-state index is 12.9. The Hall–Kier alpha value is -3.29. The molecule has 0 spiro atoms. The molecule has 5 rings (SSSR count). The van der Waals surface area contributed by atoms with E-state index < -0.39 is 0 Å². The van der Waals surface area contributed by atoms with Crippen LogP contribution in [0.15, 0.2) is 54.6 Å². The van der Waals surface area contributed by atoms with Gasteiger partial charge in [0.25, 0.3) is 0 Å². The first-order chi connectivity index (χ1) is 15.6. The smallest absolute Gasteiger partial charge is 0.244 e. The van der Waals surface area contributed by atoms with Gasteiger partial charge >= 0.3 is 0 Å². The lowest BCUT2D eigenvalue weighted by molar-refractivity contribution is -0.136. The van der Waals surface area contributed by atoms with Crippen molar-refractivity contribution in [2.24, 2.45) is 0 Å². The maximum Gasteiger partial charge on any atom is 0.244 e. The molecule has 0 radical (unpaired) electrons. The molecule has 2 aromatic heterocycles. The summed E-state index contributed by atoms with van der Waals surface area (Å²) in [5, 5.41) is 14.8. The van der Waals surface area contributed by atoms with Crippen molar-refractivity contribution in [2.45, 2.75) is 13.5 Å². The maximum atomic E-state index is 12.9. The fourth-order valence-electron chi connectivity index (χ4n) is 3.94. The third-order valence-electron chi connectivity index (χ3n) is 5.59. The van der Waals surface area contributed by atoms with Crippen LogP contribution in [0.4, 0.5) is 0 Å². The lowest BCUT2D eigenvalue weighted by Crippen LogP contribution is -2.42. The molecule has 0 atom stereocenters. The highest BCUT2D eigenvalue weighted by atomic mass is 35.5. The Morgan fingerprint density at radius 1 is 1.00 bits per heavy atom. The van der Waals surface area contributed by atoms with Gasteiger partial charge in [0.1, 0.15) is 17.9 Å². The molecule has 1 amide bonds. The van der Waals surface area contributed by atoms with Gasteiger partial charge in [-0.2, -0.15) is 5.10 Å². The first kappa shape index (κ1) is 20.6. The zero-order chi connectivity index (χ0) is 22.1. The van der Waals surface area contributed by atoms with Crippen molar-refractivity contribution in [1.29, 1.82) is 0 Å². The summed E-state index contributed by atoms with van der Waals surface area (Å²) in [4.78, 5) is 14.7. The standard InChI is InChI=1S/C24H22ClN5O2/c1-16-6-5-9-18(14-16)22-20-21(25)23(17-7-3-2-4-8-17)26-27-24(20)30(28-22)15-19(31)29-10-12-32-13-11-29/h2-9,14H,10-13,15H2,1H3. The van der Waals surface area contributed by atoms with Crippen molar-refractivity contribution in [1.82, 2.24) is 24.9 Å². The molecule has 0 saturated carbocycles. The minimum Gasteiger partial charge on any atom is -0.378 e. The number of halogens is 1. The van der Waals surface area contributed by atoms with Crippen molar-refractivity contribution in [3.63, 3.8) is 0 Å². The number of rotatable bonds is 4. The average Bonchev–Trinajstić information content (AvgIpc) is 3.19. The Balaban J connectivity index is 1.65. The van der Waals surface area contributed by atoms with Crippen LogP contribution in [0.5, 0.6) is 0 Å².